The number of hydrogen-bond acceptors (Lipinski definition) is 7. The average Bonchev–Trinajstić information content (AvgIpc) is 3.33. The molecule has 4 rings (SSSR count). The molecule has 0 fully saturated rings. The number of thiophene rings is 1. The normalized spacial score (nSPS) is 12.2. The maximum absolute atomic E-state index is 12.4. The van der Waals surface area contributed by atoms with E-state index < -0.39 is 18.4 Å². The summed E-state index contributed by atoms with van der Waals surface area (Å²) in [6.45, 7) is -0.597. The second-order valence-corrected chi connectivity index (χ2v) is 8.03. The van der Waals surface area contributed by atoms with E-state index in [0.29, 0.717) is 16.3 Å². The molecule has 2 heterocycles. The molecule has 2 N–H and O–H groups in total. The molecule has 1 aliphatic rings. The Balaban J connectivity index is 1.41. The number of carbonyl (C=O) groups excluding carboxylic acids is 4. The highest BCUT2D eigenvalue weighted by molar-refractivity contribution is 7.12. The number of nitrogens with one attached hydrogen (secondary N) is 2. The first-order chi connectivity index (χ1) is 15.4. The number of ketones is 1. The average molecular weight is 471 g/mol. The lowest BCUT2D eigenvalue weighted by molar-refractivity contribution is -0.118. The highest BCUT2D eigenvalue weighted by atomic mass is 35.5. The summed E-state index contributed by atoms with van der Waals surface area (Å²) in [5.41, 5.74) is 0.996. The minimum absolute atomic E-state index is 0.0885. The second kappa shape index (κ2) is 9.21. The number of benzene rings is 2. The molecule has 0 bridgehead atoms. The predicted octanol–water partition coefficient (Wildman–Crippen LogP) is 4.02. The van der Waals surface area contributed by atoms with Crippen molar-refractivity contribution in [2.75, 3.05) is 23.8 Å². The highest BCUT2D eigenvalue weighted by Crippen LogP contribution is 2.29. The fourth-order valence-corrected chi connectivity index (χ4v) is 3.68. The van der Waals surface area contributed by atoms with Crippen molar-refractivity contribution in [3.8, 4) is 5.75 Å². The van der Waals surface area contributed by atoms with Crippen molar-refractivity contribution in [1.29, 1.82) is 0 Å². The third kappa shape index (κ3) is 4.79. The number of ether oxygens (including phenoxy) is 2. The van der Waals surface area contributed by atoms with Crippen LogP contribution in [0.4, 0.5) is 11.4 Å². The number of hydrogen-bond donors (Lipinski definition) is 2. The van der Waals surface area contributed by atoms with Gasteiger partial charge in [-0.15, -0.1) is 11.3 Å². The van der Waals surface area contributed by atoms with Gasteiger partial charge >= 0.3 is 5.97 Å². The quantitative estimate of drug-likeness (QED) is 0.415. The Morgan fingerprint density at radius 1 is 1.12 bits per heavy atom. The van der Waals surface area contributed by atoms with Crippen LogP contribution in [0.25, 0.3) is 0 Å². The first kappa shape index (κ1) is 21.5. The fraction of sp³-hybridized carbons (Fsp3) is 0.0909. The van der Waals surface area contributed by atoms with E-state index in [1.807, 2.05) is 0 Å². The van der Waals surface area contributed by atoms with E-state index in [2.05, 4.69) is 10.6 Å². The first-order valence-electron chi connectivity index (χ1n) is 9.32. The molecule has 1 aromatic heterocycles. The Bertz CT molecular complexity index is 1230. The lowest BCUT2D eigenvalue weighted by Crippen LogP contribution is -2.25. The van der Waals surface area contributed by atoms with Gasteiger partial charge in [0.15, 0.2) is 19.0 Å². The molecule has 0 unspecified atom stereocenters. The molecule has 10 heteroatoms. The summed E-state index contributed by atoms with van der Waals surface area (Å²) in [4.78, 5) is 49.0. The Kier molecular flexibility index (Phi) is 6.20. The summed E-state index contributed by atoms with van der Waals surface area (Å²) >= 11 is 7.39. The Hall–Kier alpha value is -3.69. The monoisotopic (exact) mass is 470 g/mol. The standard InChI is InChI=1S/C22H15ClN2O6S/c23-14-5-3-13(9-15(14)25-21(28)19-2-1-7-32-19)22(29)31-10-17(26)12-4-6-18-16(8-12)24-20(27)11-30-18/h1-9H,10-11H2,(H,24,27)(H,25,28). The van der Waals surface area contributed by atoms with Crippen LogP contribution in [0.3, 0.4) is 0 Å². The predicted molar refractivity (Wildman–Crippen MR) is 119 cm³/mol. The van der Waals surface area contributed by atoms with Gasteiger partial charge in [0.1, 0.15) is 5.75 Å². The summed E-state index contributed by atoms with van der Waals surface area (Å²) in [5, 5.41) is 7.28. The smallest absolute Gasteiger partial charge is 0.338 e. The molecule has 2 amide bonds. The Labute approximate surface area is 191 Å². The summed E-state index contributed by atoms with van der Waals surface area (Å²) in [7, 11) is 0. The molecule has 8 nitrogen and oxygen atoms in total. The molecule has 32 heavy (non-hydrogen) atoms. The van der Waals surface area contributed by atoms with Gasteiger partial charge in [0.05, 0.1) is 26.8 Å². The lowest BCUT2D eigenvalue weighted by atomic mass is 10.1. The van der Waals surface area contributed by atoms with Gasteiger partial charge in [-0.1, -0.05) is 17.7 Å². The van der Waals surface area contributed by atoms with Crippen molar-refractivity contribution in [2.24, 2.45) is 0 Å². The topological polar surface area (TPSA) is 111 Å². The van der Waals surface area contributed by atoms with Crippen LogP contribution in [0.2, 0.25) is 5.02 Å². The van der Waals surface area contributed by atoms with Gasteiger partial charge in [0, 0.05) is 5.56 Å². The van der Waals surface area contributed by atoms with Crippen molar-refractivity contribution in [3.05, 3.63) is 74.9 Å². The van der Waals surface area contributed by atoms with Crippen LogP contribution < -0.4 is 15.4 Å². The molecule has 0 atom stereocenters. The SMILES string of the molecule is O=C1COc2ccc(C(=O)COC(=O)c3ccc(Cl)c(NC(=O)c4cccs4)c3)cc2N1. The minimum atomic E-state index is -0.753. The first-order valence-corrected chi connectivity index (χ1v) is 10.6. The van der Waals surface area contributed by atoms with Crippen LogP contribution in [0.1, 0.15) is 30.4 Å². The van der Waals surface area contributed by atoms with E-state index in [1.54, 1.807) is 23.6 Å². The Morgan fingerprint density at radius 3 is 2.72 bits per heavy atom. The largest absolute Gasteiger partial charge is 0.482 e. The van der Waals surface area contributed by atoms with E-state index in [4.69, 9.17) is 21.1 Å². The van der Waals surface area contributed by atoms with Crippen LogP contribution in [-0.2, 0) is 9.53 Å². The molecule has 1 aliphatic heterocycles. The van der Waals surface area contributed by atoms with Gasteiger partial charge in [0.25, 0.3) is 11.8 Å². The third-order valence-corrected chi connectivity index (χ3v) is 5.66. The van der Waals surface area contributed by atoms with E-state index >= 15 is 0 Å². The van der Waals surface area contributed by atoms with Gasteiger partial charge < -0.3 is 20.1 Å². The number of halogens is 1. The zero-order valence-corrected chi connectivity index (χ0v) is 17.9. The van der Waals surface area contributed by atoms with E-state index in [1.165, 1.54) is 41.7 Å². The van der Waals surface area contributed by atoms with Gasteiger partial charge in [0.2, 0.25) is 0 Å². The van der Waals surface area contributed by atoms with Crippen molar-refractivity contribution in [1.82, 2.24) is 0 Å². The minimum Gasteiger partial charge on any atom is -0.482 e. The van der Waals surface area contributed by atoms with Crippen molar-refractivity contribution in [2.45, 2.75) is 0 Å². The van der Waals surface area contributed by atoms with Crippen molar-refractivity contribution < 1.29 is 28.7 Å². The van der Waals surface area contributed by atoms with Crippen molar-refractivity contribution in [3.63, 3.8) is 0 Å². The molecule has 0 radical (unpaired) electrons. The zero-order valence-electron chi connectivity index (χ0n) is 16.3. The number of amides is 2. The zero-order chi connectivity index (χ0) is 22.7. The number of carbonyl (C=O) groups is 4. The van der Waals surface area contributed by atoms with Gasteiger partial charge in [-0.2, -0.15) is 0 Å². The molecule has 2 aromatic carbocycles. The summed E-state index contributed by atoms with van der Waals surface area (Å²) in [6, 6.07) is 12.2. The van der Waals surface area contributed by atoms with Crippen LogP contribution in [-0.4, -0.2) is 36.8 Å². The van der Waals surface area contributed by atoms with Gasteiger partial charge in [-0.3, -0.25) is 14.4 Å². The van der Waals surface area contributed by atoms with Crippen LogP contribution in [0, 0.1) is 0 Å². The molecule has 0 spiro atoms. The van der Waals surface area contributed by atoms with Crippen LogP contribution >= 0.6 is 22.9 Å². The number of fused-ring (bicyclic) bond motifs is 1. The van der Waals surface area contributed by atoms with Crippen LogP contribution in [0.15, 0.2) is 53.9 Å². The van der Waals surface area contributed by atoms with Crippen LogP contribution in [0.5, 0.6) is 5.75 Å². The number of rotatable bonds is 6. The van der Waals surface area contributed by atoms with E-state index in [9.17, 15) is 19.2 Å². The molecular weight excluding hydrogens is 456 g/mol. The van der Waals surface area contributed by atoms with Gasteiger partial charge in [-0.25, -0.2) is 4.79 Å². The molecular formula is C22H15ClN2O6S. The maximum atomic E-state index is 12.4. The summed E-state index contributed by atoms with van der Waals surface area (Å²) in [6.07, 6.45) is 0. The highest BCUT2D eigenvalue weighted by Gasteiger charge is 2.19. The summed E-state index contributed by atoms with van der Waals surface area (Å²) in [5.74, 6) is -1.43. The number of esters is 1. The third-order valence-electron chi connectivity index (χ3n) is 4.46. The lowest BCUT2D eigenvalue weighted by Gasteiger charge is -2.18. The number of anilines is 2. The molecule has 0 saturated carbocycles. The van der Waals surface area contributed by atoms with E-state index in [-0.39, 0.29) is 40.3 Å². The fourth-order valence-electron chi connectivity index (χ4n) is 2.89. The van der Waals surface area contributed by atoms with Crippen molar-refractivity contribution >= 4 is 57.9 Å². The molecule has 3 aromatic rings. The Morgan fingerprint density at radius 2 is 1.94 bits per heavy atom. The maximum Gasteiger partial charge on any atom is 0.338 e. The molecule has 0 aliphatic carbocycles. The van der Waals surface area contributed by atoms with Gasteiger partial charge in [-0.05, 0) is 47.8 Å². The molecule has 162 valence electrons. The van der Waals surface area contributed by atoms with E-state index in [0.717, 1.165) is 0 Å². The number of Topliss-reactive ketones (excluding diaryl/α,β-unsaturated/α-hetero) is 1. The molecule has 0 saturated heterocycles. The summed E-state index contributed by atoms with van der Waals surface area (Å²) < 4.78 is 10.4. The second-order valence-electron chi connectivity index (χ2n) is 6.67.